The molecular formula is C19H30N4O. The highest BCUT2D eigenvalue weighted by Crippen LogP contribution is 2.38. The molecule has 0 aromatic carbocycles. The number of nitrogens with zero attached hydrogens (tertiary/aromatic N) is 4. The summed E-state index contributed by atoms with van der Waals surface area (Å²) in [4.78, 5) is 23.4. The van der Waals surface area contributed by atoms with Gasteiger partial charge in [0.15, 0.2) is 0 Å². The minimum atomic E-state index is 0.278. The molecule has 1 aromatic rings. The van der Waals surface area contributed by atoms with E-state index in [2.05, 4.69) is 34.0 Å². The van der Waals surface area contributed by atoms with Crippen LogP contribution in [0.4, 0.5) is 0 Å². The molecule has 0 N–H and O–H groups in total. The van der Waals surface area contributed by atoms with Gasteiger partial charge in [-0.3, -0.25) is 14.7 Å². The minimum absolute atomic E-state index is 0.278. The Morgan fingerprint density at radius 1 is 1.25 bits per heavy atom. The van der Waals surface area contributed by atoms with Crippen molar-refractivity contribution in [1.29, 1.82) is 0 Å². The van der Waals surface area contributed by atoms with Crippen molar-refractivity contribution in [1.82, 2.24) is 19.7 Å². The zero-order chi connectivity index (χ0) is 17.1. The van der Waals surface area contributed by atoms with Crippen molar-refractivity contribution in [2.45, 2.75) is 31.8 Å². The van der Waals surface area contributed by atoms with Crippen LogP contribution in [0.3, 0.4) is 0 Å². The summed E-state index contributed by atoms with van der Waals surface area (Å²) in [5.41, 5.74) is 1.13. The molecule has 1 aliphatic carbocycles. The van der Waals surface area contributed by atoms with Gasteiger partial charge in [-0.15, -0.1) is 0 Å². The Morgan fingerprint density at radius 3 is 2.79 bits per heavy atom. The molecule has 3 atom stereocenters. The fraction of sp³-hybridized carbons (Fsp3) is 0.684. The van der Waals surface area contributed by atoms with E-state index < -0.39 is 0 Å². The van der Waals surface area contributed by atoms with Crippen LogP contribution in [0.15, 0.2) is 24.4 Å². The third-order valence-electron chi connectivity index (χ3n) is 5.57. The second-order valence-electron chi connectivity index (χ2n) is 7.69. The number of carbonyl (C=O) groups is 1. The number of likely N-dealkylation sites (tertiary alicyclic amines) is 1. The number of hydrogen-bond acceptors (Lipinski definition) is 4. The molecule has 0 radical (unpaired) electrons. The van der Waals surface area contributed by atoms with E-state index in [4.69, 9.17) is 0 Å². The summed E-state index contributed by atoms with van der Waals surface area (Å²) < 4.78 is 0. The molecule has 0 spiro atoms. The largest absolute Gasteiger partial charge is 0.341 e. The van der Waals surface area contributed by atoms with Gasteiger partial charge in [0.1, 0.15) is 0 Å². The normalized spacial score (nSPS) is 26.9. The van der Waals surface area contributed by atoms with Crippen molar-refractivity contribution in [2.75, 3.05) is 40.8 Å². The summed E-state index contributed by atoms with van der Waals surface area (Å²) >= 11 is 0. The van der Waals surface area contributed by atoms with Crippen LogP contribution < -0.4 is 0 Å². The molecular weight excluding hydrogens is 300 g/mol. The molecule has 1 saturated heterocycles. The van der Waals surface area contributed by atoms with Crippen LogP contribution in [0.5, 0.6) is 0 Å². The quantitative estimate of drug-likeness (QED) is 0.824. The Morgan fingerprint density at radius 2 is 2.08 bits per heavy atom. The summed E-state index contributed by atoms with van der Waals surface area (Å²) in [6.07, 6.45) is 5.64. The average molecular weight is 330 g/mol. The minimum Gasteiger partial charge on any atom is -0.341 e. The molecule has 132 valence electrons. The third-order valence-corrected chi connectivity index (χ3v) is 5.57. The molecule has 5 nitrogen and oxygen atoms in total. The first-order valence-corrected chi connectivity index (χ1v) is 9.07. The fourth-order valence-electron chi connectivity index (χ4n) is 4.43. The molecule has 3 rings (SSSR count). The van der Waals surface area contributed by atoms with Crippen molar-refractivity contribution in [2.24, 2.45) is 11.8 Å². The van der Waals surface area contributed by atoms with Gasteiger partial charge in [-0.1, -0.05) is 12.5 Å². The number of rotatable bonds is 5. The van der Waals surface area contributed by atoms with Crippen LogP contribution >= 0.6 is 0 Å². The Bertz CT molecular complexity index is 548. The van der Waals surface area contributed by atoms with Gasteiger partial charge < -0.3 is 9.80 Å². The van der Waals surface area contributed by atoms with Crippen LogP contribution in [0, 0.1) is 11.8 Å². The van der Waals surface area contributed by atoms with Crippen molar-refractivity contribution in [3.8, 4) is 0 Å². The van der Waals surface area contributed by atoms with Gasteiger partial charge in [-0.2, -0.15) is 0 Å². The second-order valence-corrected chi connectivity index (χ2v) is 7.69. The number of likely N-dealkylation sites (N-methyl/N-ethyl adjacent to an activating group) is 1. The van der Waals surface area contributed by atoms with E-state index in [-0.39, 0.29) is 5.91 Å². The lowest BCUT2D eigenvalue weighted by Gasteiger charge is -2.38. The highest BCUT2D eigenvalue weighted by Gasteiger charge is 2.42. The van der Waals surface area contributed by atoms with E-state index in [9.17, 15) is 4.79 Å². The van der Waals surface area contributed by atoms with Gasteiger partial charge in [-0.25, -0.2) is 0 Å². The van der Waals surface area contributed by atoms with Gasteiger partial charge in [0.05, 0.1) is 12.2 Å². The van der Waals surface area contributed by atoms with Gasteiger partial charge in [-0.05, 0) is 58.0 Å². The first-order chi connectivity index (χ1) is 11.5. The molecule has 1 aromatic heterocycles. The molecule has 2 heterocycles. The Hall–Kier alpha value is -1.46. The summed E-state index contributed by atoms with van der Waals surface area (Å²) in [5, 5.41) is 0. The predicted molar refractivity (Wildman–Crippen MR) is 95.5 cm³/mol. The molecule has 1 amide bonds. The predicted octanol–water partition coefficient (Wildman–Crippen LogP) is 1.70. The maximum atomic E-state index is 12.4. The lowest BCUT2D eigenvalue weighted by atomic mass is 9.77. The molecule has 0 unspecified atom stereocenters. The van der Waals surface area contributed by atoms with Gasteiger partial charge >= 0.3 is 0 Å². The number of amides is 1. The van der Waals surface area contributed by atoms with Gasteiger partial charge in [0.2, 0.25) is 5.91 Å². The number of hydrogen-bond donors (Lipinski definition) is 0. The van der Waals surface area contributed by atoms with E-state index >= 15 is 0 Å². The standard InChI is InChI=1S/C19H30N4O/c1-21(2)14-19(24)23-11-15-7-6-9-18(17(15)13-23)22(3)12-16-8-4-5-10-20-16/h4-5,8,10,15,17-18H,6-7,9,11-14H2,1-3H3/t15-,17+,18-/m1/s1. The van der Waals surface area contributed by atoms with Crippen molar-refractivity contribution in [3.63, 3.8) is 0 Å². The van der Waals surface area contributed by atoms with Crippen molar-refractivity contribution >= 4 is 5.91 Å². The summed E-state index contributed by atoms with van der Waals surface area (Å²) in [6.45, 7) is 3.29. The van der Waals surface area contributed by atoms with E-state index in [0.29, 0.717) is 24.4 Å². The second kappa shape index (κ2) is 7.62. The van der Waals surface area contributed by atoms with Gasteiger partial charge in [0.25, 0.3) is 0 Å². The SMILES string of the molecule is CN(C)CC(=O)N1C[C@H]2CCC[C@@H](N(C)Cc3ccccn3)[C@H]2C1. The van der Waals surface area contributed by atoms with E-state index in [1.54, 1.807) is 0 Å². The number of aromatic nitrogens is 1. The summed E-state index contributed by atoms with van der Waals surface area (Å²) in [5.74, 6) is 1.56. The molecule has 1 saturated carbocycles. The van der Waals surface area contributed by atoms with E-state index in [0.717, 1.165) is 25.3 Å². The number of fused-ring (bicyclic) bond motifs is 1. The first-order valence-electron chi connectivity index (χ1n) is 9.07. The first kappa shape index (κ1) is 17.4. The zero-order valence-corrected chi connectivity index (χ0v) is 15.2. The lowest BCUT2D eigenvalue weighted by molar-refractivity contribution is -0.131. The Labute approximate surface area is 145 Å². The van der Waals surface area contributed by atoms with Gasteiger partial charge in [0, 0.05) is 31.9 Å². The smallest absolute Gasteiger partial charge is 0.236 e. The monoisotopic (exact) mass is 330 g/mol. The third kappa shape index (κ3) is 3.95. The Kier molecular flexibility index (Phi) is 5.51. The molecule has 1 aliphatic heterocycles. The van der Waals surface area contributed by atoms with Crippen LogP contribution in [0.2, 0.25) is 0 Å². The van der Waals surface area contributed by atoms with Crippen molar-refractivity contribution in [3.05, 3.63) is 30.1 Å². The number of pyridine rings is 1. The highest BCUT2D eigenvalue weighted by molar-refractivity contribution is 5.78. The molecule has 2 aliphatic rings. The van der Waals surface area contributed by atoms with E-state index in [1.807, 2.05) is 31.3 Å². The van der Waals surface area contributed by atoms with Crippen LogP contribution in [-0.2, 0) is 11.3 Å². The molecule has 5 heteroatoms. The molecule has 24 heavy (non-hydrogen) atoms. The van der Waals surface area contributed by atoms with E-state index in [1.165, 1.54) is 19.3 Å². The highest BCUT2D eigenvalue weighted by atomic mass is 16.2. The maximum Gasteiger partial charge on any atom is 0.236 e. The van der Waals surface area contributed by atoms with Crippen LogP contribution in [0.1, 0.15) is 25.0 Å². The fourth-order valence-corrected chi connectivity index (χ4v) is 4.43. The van der Waals surface area contributed by atoms with Crippen molar-refractivity contribution < 1.29 is 4.79 Å². The van der Waals surface area contributed by atoms with Crippen LogP contribution in [-0.4, -0.2) is 72.4 Å². The maximum absolute atomic E-state index is 12.4. The summed E-state index contributed by atoms with van der Waals surface area (Å²) in [6, 6.07) is 6.67. The summed E-state index contributed by atoms with van der Waals surface area (Å²) in [7, 11) is 6.14. The average Bonchev–Trinajstić information content (AvgIpc) is 2.99. The Balaban J connectivity index is 1.64. The lowest BCUT2D eigenvalue weighted by Crippen LogP contribution is -2.43. The van der Waals surface area contributed by atoms with Crippen LogP contribution in [0.25, 0.3) is 0 Å². The number of carbonyl (C=O) groups excluding carboxylic acids is 1. The molecule has 0 bridgehead atoms. The zero-order valence-electron chi connectivity index (χ0n) is 15.2. The topological polar surface area (TPSA) is 39.7 Å². The molecule has 2 fully saturated rings.